The minimum Gasteiger partial charge on any atom is -0.327 e. The lowest BCUT2D eigenvalue weighted by molar-refractivity contribution is 0.681. The first kappa shape index (κ1) is 14.8. The summed E-state index contributed by atoms with van der Waals surface area (Å²) in [6.07, 6.45) is 13.2. The van der Waals surface area contributed by atoms with Crippen LogP contribution in [-0.2, 0) is 11.8 Å². The molecule has 2 N–H and O–H groups in total. The molecule has 0 radical (unpaired) electrons. The van der Waals surface area contributed by atoms with Crippen LogP contribution in [0.1, 0.15) is 37.3 Å². The largest absolute Gasteiger partial charge is 0.327 e. The van der Waals surface area contributed by atoms with Crippen molar-refractivity contribution in [1.82, 2.24) is 0 Å². The van der Waals surface area contributed by atoms with Gasteiger partial charge in [0.2, 0.25) is 0 Å². The lowest BCUT2D eigenvalue weighted by atomic mass is 9.99. The minimum atomic E-state index is 0.598. The van der Waals surface area contributed by atoms with Crippen molar-refractivity contribution >= 4 is 0 Å². The van der Waals surface area contributed by atoms with Crippen LogP contribution in [0, 0.1) is 0 Å². The number of benzene rings is 1. The van der Waals surface area contributed by atoms with Gasteiger partial charge in [-0.2, -0.15) is 0 Å². The van der Waals surface area contributed by atoms with E-state index < -0.39 is 0 Å². The van der Waals surface area contributed by atoms with Crippen LogP contribution in [0.2, 0.25) is 0 Å². The van der Waals surface area contributed by atoms with Crippen molar-refractivity contribution in [2.75, 3.05) is 6.54 Å². The standard InChI is InChI=1S/C11H12.C8H13N/c1-2-4-10-9(3-1)5-6-11(10)7-8-11;1-3-5-6-8(4-2)7-9/h1-4H,5-8H2;3-6H,1,7,9H2,2H3/b;6-5-,8-4+. The highest BCUT2D eigenvalue weighted by molar-refractivity contribution is 5.43. The fourth-order valence-corrected chi connectivity index (χ4v) is 2.91. The molecule has 0 unspecified atom stereocenters. The van der Waals surface area contributed by atoms with E-state index >= 15 is 0 Å². The Morgan fingerprint density at radius 3 is 2.65 bits per heavy atom. The molecule has 0 amide bonds. The molecule has 1 aromatic rings. The molecule has 0 aliphatic heterocycles. The zero-order valence-corrected chi connectivity index (χ0v) is 12.4. The Labute approximate surface area is 122 Å². The molecular formula is C19H25N. The normalized spacial score (nSPS) is 18.6. The second-order valence-corrected chi connectivity index (χ2v) is 5.60. The van der Waals surface area contributed by atoms with Crippen LogP contribution in [0.25, 0.3) is 0 Å². The molecule has 0 aromatic heterocycles. The van der Waals surface area contributed by atoms with Crippen molar-refractivity contribution in [3.05, 3.63) is 71.8 Å². The van der Waals surface area contributed by atoms with E-state index in [4.69, 9.17) is 5.73 Å². The Morgan fingerprint density at radius 2 is 2.05 bits per heavy atom. The number of nitrogens with two attached hydrogens (primary N) is 1. The van der Waals surface area contributed by atoms with E-state index in [0.717, 1.165) is 5.57 Å². The summed E-state index contributed by atoms with van der Waals surface area (Å²) in [6, 6.07) is 8.97. The molecule has 0 bridgehead atoms. The van der Waals surface area contributed by atoms with E-state index in [-0.39, 0.29) is 0 Å². The number of hydrogen-bond donors (Lipinski definition) is 1. The van der Waals surface area contributed by atoms with E-state index in [0.29, 0.717) is 12.0 Å². The van der Waals surface area contributed by atoms with E-state index in [1.165, 1.54) is 25.7 Å². The monoisotopic (exact) mass is 267 g/mol. The topological polar surface area (TPSA) is 26.0 Å². The smallest absolute Gasteiger partial charge is 0.0174 e. The van der Waals surface area contributed by atoms with Crippen LogP contribution in [0.4, 0.5) is 0 Å². The SMILES string of the molecule is C=C/C=C\C(=C/C)CN.c1ccc2c(c1)CCC21CC1. The first-order valence-electron chi connectivity index (χ1n) is 7.48. The van der Waals surface area contributed by atoms with Gasteiger partial charge in [-0.25, -0.2) is 0 Å². The Kier molecular flexibility index (Phi) is 4.97. The molecule has 0 heterocycles. The molecular weight excluding hydrogens is 242 g/mol. The summed E-state index contributed by atoms with van der Waals surface area (Å²) in [5.41, 5.74) is 10.5. The maximum absolute atomic E-state index is 5.37. The first-order valence-corrected chi connectivity index (χ1v) is 7.48. The van der Waals surface area contributed by atoms with Gasteiger partial charge in [-0.15, -0.1) is 0 Å². The summed E-state index contributed by atoms with van der Waals surface area (Å²) in [5.74, 6) is 0. The molecule has 1 spiro atoms. The van der Waals surface area contributed by atoms with E-state index in [2.05, 4.69) is 30.8 Å². The number of fused-ring (bicyclic) bond motifs is 2. The molecule has 3 rings (SSSR count). The van der Waals surface area contributed by atoms with Crippen molar-refractivity contribution in [3.63, 3.8) is 0 Å². The third kappa shape index (κ3) is 3.29. The van der Waals surface area contributed by atoms with Crippen molar-refractivity contribution in [3.8, 4) is 0 Å². The molecule has 0 saturated heterocycles. The third-order valence-electron chi connectivity index (χ3n) is 4.37. The molecule has 1 nitrogen and oxygen atoms in total. The Bertz CT molecular complexity index is 518. The van der Waals surface area contributed by atoms with Gasteiger partial charge >= 0.3 is 0 Å². The summed E-state index contributed by atoms with van der Waals surface area (Å²) in [6.45, 7) is 6.11. The molecule has 2 aliphatic carbocycles. The summed E-state index contributed by atoms with van der Waals surface area (Å²) in [4.78, 5) is 0. The highest BCUT2D eigenvalue weighted by atomic mass is 14.5. The maximum atomic E-state index is 5.37. The van der Waals surface area contributed by atoms with Gasteiger partial charge in [0.25, 0.3) is 0 Å². The molecule has 0 atom stereocenters. The van der Waals surface area contributed by atoms with Gasteiger partial charge in [-0.1, -0.05) is 55.1 Å². The van der Waals surface area contributed by atoms with Crippen molar-refractivity contribution in [2.45, 2.75) is 38.0 Å². The molecule has 20 heavy (non-hydrogen) atoms. The Balaban J connectivity index is 0.000000152. The first-order chi connectivity index (χ1) is 9.75. The van der Waals surface area contributed by atoms with Gasteiger partial charge in [-0.05, 0) is 54.7 Å². The highest BCUT2D eigenvalue weighted by Crippen LogP contribution is 2.56. The van der Waals surface area contributed by atoms with Gasteiger partial charge in [0.15, 0.2) is 0 Å². The summed E-state index contributed by atoms with van der Waals surface area (Å²) < 4.78 is 0. The second-order valence-electron chi connectivity index (χ2n) is 5.60. The Morgan fingerprint density at radius 1 is 1.30 bits per heavy atom. The molecule has 106 valence electrons. The molecule has 2 aliphatic rings. The van der Waals surface area contributed by atoms with Crippen LogP contribution in [-0.4, -0.2) is 6.54 Å². The van der Waals surface area contributed by atoms with Gasteiger partial charge < -0.3 is 5.73 Å². The van der Waals surface area contributed by atoms with Gasteiger partial charge in [0, 0.05) is 6.54 Å². The van der Waals surface area contributed by atoms with Gasteiger partial charge in [-0.3, -0.25) is 0 Å². The summed E-state index contributed by atoms with van der Waals surface area (Å²) in [5, 5.41) is 0. The van der Waals surface area contributed by atoms with Crippen LogP contribution in [0.5, 0.6) is 0 Å². The lowest BCUT2D eigenvalue weighted by Crippen LogP contribution is -1.99. The van der Waals surface area contributed by atoms with Crippen LogP contribution >= 0.6 is 0 Å². The third-order valence-corrected chi connectivity index (χ3v) is 4.37. The number of hydrogen-bond acceptors (Lipinski definition) is 1. The van der Waals surface area contributed by atoms with Crippen molar-refractivity contribution < 1.29 is 0 Å². The van der Waals surface area contributed by atoms with Crippen LogP contribution in [0.3, 0.4) is 0 Å². The molecule has 1 aromatic carbocycles. The minimum absolute atomic E-state index is 0.598. The average molecular weight is 267 g/mol. The quantitative estimate of drug-likeness (QED) is 0.812. The molecule has 1 heteroatoms. The second kappa shape index (κ2) is 6.71. The Hall–Kier alpha value is -1.60. The predicted molar refractivity (Wildman–Crippen MR) is 87.8 cm³/mol. The van der Waals surface area contributed by atoms with E-state index in [1.54, 1.807) is 17.2 Å². The summed E-state index contributed by atoms with van der Waals surface area (Å²) >= 11 is 0. The number of rotatable bonds is 3. The van der Waals surface area contributed by atoms with Gasteiger partial charge in [0.05, 0.1) is 0 Å². The van der Waals surface area contributed by atoms with Crippen LogP contribution < -0.4 is 5.73 Å². The zero-order valence-electron chi connectivity index (χ0n) is 12.4. The molecule has 1 saturated carbocycles. The summed E-state index contributed by atoms with van der Waals surface area (Å²) in [7, 11) is 0. The van der Waals surface area contributed by atoms with Crippen molar-refractivity contribution in [1.29, 1.82) is 0 Å². The fourth-order valence-electron chi connectivity index (χ4n) is 2.91. The highest BCUT2D eigenvalue weighted by Gasteiger charge is 2.47. The molecule has 1 fully saturated rings. The van der Waals surface area contributed by atoms with Gasteiger partial charge in [0.1, 0.15) is 0 Å². The van der Waals surface area contributed by atoms with Crippen molar-refractivity contribution in [2.24, 2.45) is 5.73 Å². The number of aryl methyl sites for hydroxylation is 1. The lowest BCUT2D eigenvalue weighted by Gasteiger charge is -2.05. The van der Waals surface area contributed by atoms with Crippen LogP contribution in [0.15, 0.2) is 60.7 Å². The zero-order chi connectivity index (χ0) is 14.4. The number of allylic oxidation sites excluding steroid dienone is 3. The fraction of sp³-hybridized carbons (Fsp3) is 0.368. The average Bonchev–Trinajstić information content (AvgIpc) is 3.19. The van der Waals surface area contributed by atoms with E-state index in [9.17, 15) is 0 Å². The van der Waals surface area contributed by atoms with E-state index in [1.807, 2.05) is 25.2 Å². The maximum Gasteiger partial charge on any atom is 0.0174 e. The predicted octanol–water partition coefficient (Wildman–Crippen LogP) is 4.30.